The van der Waals surface area contributed by atoms with Crippen LogP contribution in [0.1, 0.15) is 0 Å². The molecule has 3 rings (SSSR count). The Balaban J connectivity index is 2.38. The highest BCUT2D eigenvalue weighted by Gasteiger charge is 2.07. The van der Waals surface area contributed by atoms with Crippen LogP contribution in [0.3, 0.4) is 0 Å². The van der Waals surface area contributed by atoms with E-state index in [4.69, 9.17) is 12.2 Å². The minimum atomic E-state index is 0.713. The first-order valence-electron chi connectivity index (χ1n) is 5.31. The van der Waals surface area contributed by atoms with E-state index in [1.54, 1.807) is 0 Å². The van der Waals surface area contributed by atoms with Gasteiger partial charge < -0.3 is 4.98 Å². The van der Waals surface area contributed by atoms with Crippen LogP contribution in [-0.4, -0.2) is 9.55 Å². The van der Waals surface area contributed by atoms with Crippen LogP contribution in [-0.2, 0) is 0 Å². The summed E-state index contributed by atoms with van der Waals surface area (Å²) in [5.41, 5.74) is 3.20. The monoisotopic (exact) mass is 430 g/mol. The van der Waals surface area contributed by atoms with Crippen molar-refractivity contribution in [2.24, 2.45) is 0 Å². The number of halogens is 2. The summed E-state index contributed by atoms with van der Waals surface area (Å²) in [5.74, 6) is 0. The Kier molecular flexibility index (Phi) is 3.29. The highest BCUT2D eigenvalue weighted by molar-refractivity contribution is 14.1. The first-order valence-corrected chi connectivity index (χ1v) is 7.59. The topological polar surface area (TPSA) is 20.7 Å². The van der Waals surface area contributed by atoms with Gasteiger partial charge >= 0.3 is 0 Å². The molecule has 90 valence electrons. The van der Waals surface area contributed by atoms with Crippen LogP contribution in [0.5, 0.6) is 0 Å². The zero-order valence-electron chi connectivity index (χ0n) is 9.15. The van der Waals surface area contributed by atoms with Crippen molar-refractivity contribution >= 4 is 61.8 Å². The van der Waals surface area contributed by atoms with E-state index in [-0.39, 0.29) is 0 Å². The molecule has 0 aliphatic carbocycles. The van der Waals surface area contributed by atoms with Gasteiger partial charge in [-0.1, -0.05) is 22.0 Å². The molecule has 0 spiro atoms. The van der Waals surface area contributed by atoms with Gasteiger partial charge in [0, 0.05) is 13.7 Å². The maximum atomic E-state index is 5.41. The van der Waals surface area contributed by atoms with Gasteiger partial charge in [0.25, 0.3) is 0 Å². The van der Waals surface area contributed by atoms with E-state index in [2.05, 4.69) is 72.3 Å². The third-order valence-corrected chi connectivity index (χ3v) is 4.16. The highest BCUT2D eigenvalue weighted by atomic mass is 127. The van der Waals surface area contributed by atoms with E-state index in [9.17, 15) is 0 Å². The average molecular weight is 431 g/mol. The van der Waals surface area contributed by atoms with Gasteiger partial charge in [-0.15, -0.1) is 0 Å². The summed E-state index contributed by atoms with van der Waals surface area (Å²) in [7, 11) is 0. The summed E-state index contributed by atoms with van der Waals surface area (Å²) in [6.45, 7) is 0. The number of fused-ring (bicyclic) bond motifs is 1. The molecule has 1 N–H and O–H groups in total. The van der Waals surface area contributed by atoms with Gasteiger partial charge in [-0.25, -0.2) is 0 Å². The second-order valence-corrected chi connectivity index (χ2v) is 6.45. The fourth-order valence-electron chi connectivity index (χ4n) is 1.95. The van der Waals surface area contributed by atoms with Gasteiger partial charge in [0.15, 0.2) is 4.77 Å². The van der Waals surface area contributed by atoms with Crippen molar-refractivity contribution in [2.75, 3.05) is 0 Å². The molecule has 0 bridgehead atoms. The van der Waals surface area contributed by atoms with Gasteiger partial charge in [0.2, 0.25) is 0 Å². The smallest absolute Gasteiger partial charge is 0.182 e. The standard InChI is InChI=1S/C13H8BrIN2S/c14-8-4-5-11-12(6-8)17(13(18)16-11)10-3-1-2-9(15)7-10/h1-7H,(H,16,18). The highest BCUT2D eigenvalue weighted by Crippen LogP contribution is 2.23. The lowest BCUT2D eigenvalue weighted by molar-refractivity contribution is 1.06. The molecule has 2 nitrogen and oxygen atoms in total. The van der Waals surface area contributed by atoms with Crippen LogP contribution in [0.25, 0.3) is 16.7 Å². The number of nitrogens with zero attached hydrogens (tertiary/aromatic N) is 1. The SMILES string of the molecule is S=c1[nH]c2ccc(Br)cc2n1-c1cccc(I)c1. The van der Waals surface area contributed by atoms with Crippen molar-refractivity contribution in [1.82, 2.24) is 9.55 Å². The van der Waals surface area contributed by atoms with Crippen molar-refractivity contribution in [1.29, 1.82) is 0 Å². The fraction of sp³-hybridized carbons (Fsp3) is 0. The largest absolute Gasteiger partial charge is 0.330 e. The lowest BCUT2D eigenvalue weighted by Gasteiger charge is -2.05. The molecule has 1 aromatic heterocycles. The molecule has 0 fully saturated rings. The molecule has 0 aliphatic heterocycles. The van der Waals surface area contributed by atoms with Gasteiger partial charge in [-0.3, -0.25) is 4.57 Å². The van der Waals surface area contributed by atoms with Crippen molar-refractivity contribution in [3.63, 3.8) is 0 Å². The van der Waals surface area contributed by atoms with Gasteiger partial charge in [-0.05, 0) is 71.2 Å². The molecule has 0 radical (unpaired) electrons. The van der Waals surface area contributed by atoms with E-state index in [0.717, 1.165) is 21.2 Å². The number of H-pyrrole nitrogens is 1. The van der Waals surface area contributed by atoms with E-state index < -0.39 is 0 Å². The summed E-state index contributed by atoms with van der Waals surface area (Å²) < 4.78 is 5.00. The van der Waals surface area contributed by atoms with Crippen LogP contribution < -0.4 is 0 Å². The number of nitrogens with one attached hydrogen (secondary N) is 1. The van der Waals surface area contributed by atoms with Crippen molar-refractivity contribution in [3.05, 3.63) is 55.3 Å². The molecule has 3 aromatic rings. The Morgan fingerprint density at radius 1 is 1.17 bits per heavy atom. The zero-order valence-corrected chi connectivity index (χ0v) is 13.7. The third-order valence-electron chi connectivity index (χ3n) is 2.71. The summed E-state index contributed by atoms with van der Waals surface area (Å²) >= 11 is 11.2. The summed E-state index contributed by atoms with van der Waals surface area (Å²) in [4.78, 5) is 3.23. The van der Waals surface area contributed by atoms with Gasteiger partial charge in [-0.2, -0.15) is 0 Å². The third kappa shape index (κ3) is 2.15. The Hall–Kier alpha value is -0.660. The summed E-state index contributed by atoms with van der Waals surface area (Å²) in [6.07, 6.45) is 0. The first kappa shape index (κ1) is 12.4. The molecule has 1 heterocycles. The number of benzene rings is 2. The second-order valence-electron chi connectivity index (χ2n) is 3.91. The van der Waals surface area contributed by atoms with Crippen LogP contribution in [0.2, 0.25) is 0 Å². The van der Waals surface area contributed by atoms with Crippen molar-refractivity contribution in [2.45, 2.75) is 0 Å². The van der Waals surface area contributed by atoms with Gasteiger partial charge in [0.05, 0.1) is 11.0 Å². The van der Waals surface area contributed by atoms with Gasteiger partial charge in [0.1, 0.15) is 0 Å². The molecule has 0 saturated carbocycles. The Morgan fingerprint density at radius 2 is 2.00 bits per heavy atom. The van der Waals surface area contributed by atoms with Crippen LogP contribution >= 0.6 is 50.7 Å². The predicted octanol–water partition coefficient (Wildman–Crippen LogP) is 5.06. The molecule has 0 amide bonds. The number of rotatable bonds is 1. The summed E-state index contributed by atoms with van der Waals surface area (Å²) in [5, 5.41) is 0. The molecule has 2 aromatic carbocycles. The van der Waals surface area contributed by atoms with E-state index >= 15 is 0 Å². The number of aromatic nitrogens is 2. The Labute approximate surface area is 131 Å². The normalized spacial score (nSPS) is 11.0. The zero-order chi connectivity index (χ0) is 12.7. The Morgan fingerprint density at radius 3 is 2.78 bits per heavy atom. The maximum Gasteiger partial charge on any atom is 0.182 e. The second kappa shape index (κ2) is 4.79. The molecular weight excluding hydrogens is 423 g/mol. The van der Waals surface area contributed by atoms with Crippen LogP contribution in [0, 0.1) is 8.34 Å². The molecular formula is C13H8BrIN2S. The lowest BCUT2D eigenvalue weighted by Crippen LogP contribution is -1.94. The lowest BCUT2D eigenvalue weighted by atomic mass is 10.3. The molecule has 0 aliphatic rings. The quantitative estimate of drug-likeness (QED) is 0.423. The number of aromatic amines is 1. The molecule has 0 unspecified atom stereocenters. The average Bonchev–Trinajstić information content (AvgIpc) is 2.64. The van der Waals surface area contributed by atoms with Crippen LogP contribution in [0.15, 0.2) is 46.9 Å². The van der Waals surface area contributed by atoms with Crippen molar-refractivity contribution in [3.8, 4) is 5.69 Å². The number of imidazole rings is 1. The van der Waals surface area contributed by atoms with E-state index in [1.165, 1.54) is 3.57 Å². The molecule has 18 heavy (non-hydrogen) atoms. The Bertz CT molecular complexity index is 791. The maximum absolute atomic E-state index is 5.41. The minimum absolute atomic E-state index is 0.713. The number of hydrogen-bond donors (Lipinski definition) is 1. The van der Waals surface area contributed by atoms with Crippen LogP contribution in [0.4, 0.5) is 0 Å². The fourth-order valence-corrected chi connectivity index (χ4v) is 3.14. The predicted molar refractivity (Wildman–Crippen MR) is 88.9 cm³/mol. The van der Waals surface area contributed by atoms with E-state index in [1.807, 2.05) is 18.2 Å². The molecule has 0 saturated heterocycles. The molecule has 0 atom stereocenters. The molecule has 5 heteroatoms. The number of hydrogen-bond acceptors (Lipinski definition) is 1. The summed E-state index contributed by atoms with van der Waals surface area (Å²) in [6, 6.07) is 14.4. The minimum Gasteiger partial charge on any atom is -0.330 e. The van der Waals surface area contributed by atoms with E-state index in [0.29, 0.717) is 4.77 Å². The van der Waals surface area contributed by atoms with Crippen molar-refractivity contribution < 1.29 is 0 Å². The first-order chi connectivity index (χ1) is 8.65.